The molecule has 1 aliphatic heterocycles. The molecule has 1 aliphatic rings. The van der Waals surface area contributed by atoms with Crippen molar-refractivity contribution in [1.82, 2.24) is 39.7 Å². The summed E-state index contributed by atoms with van der Waals surface area (Å²) in [4.78, 5) is 30.1. The Bertz CT molecular complexity index is 1640. The number of halogens is 2. The molecule has 1 N–H and O–H groups in total. The van der Waals surface area contributed by atoms with E-state index in [4.69, 9.17) is 21.3 Å². The van der Waals surface area contributed by atoms with E-state index in [1.807, 2.05) is 6.92 Å². The molecule has 4 aromatic rings. The fraction of sp³-hybridized carbons (Fsp3) is 0.240. The molecular formula is C25H23ClFN9O2. The summed E-state index contributed by atoms with van der Waals surface area (Å²) in [5.41, 5.74) is 1.56. The lowest BCUT2D eigenvalue weighted by Gasteiger charge is -2.15. The molecular weight excluding hydrogens is 513 g/mol. The van der Waals surface area contributed by atoms with Crippen molar-refractivity contribution in [2.45, 2.75) is 25.3 Å². The van der Waals surface area contributed by atoms with Crippen molar-refractivity contribution < 1.29 is 9.13 Å². The Balaban J connectivity index is 1.58. The van der Waals surface area contributed by atoms with Crippen LogP contribution in [0.2, 0.25) is 5.02 Å². The summed E-state index contributed by atoms with van der Waals surface area (Å²) in [6, 6.07) is 3.87. The lowest BCUT2D eigenvalue weighted by atomic mass is 10.1. The van der Waals surface area contributed by atoms with Crippen molar-refractivity contribution >= 4 is 23.1 Å². The molecule has 1 aromatic carbocycles. The molecule has 0 bridgehead atoms. The third-order valence-electron chi connectivity index (χ3n) is 6.38. The Morgan fingerprint density at radius 3 is 2.89 bits per heavy atom. The Morgan fingerprint density at radius 1 is 1.39 bits per heavy atom. The molecule has 3 aromatic heterocycles. The van der Waals surface area contributed by atoms with Crippen molar-refractivity contribution in [2.24, 2.45) is 4.99 Å². The quantitative estimate of drug-likeness (QED) is 0.226. The number of benzene rings is 1. The first kappa shape index (κ1) is 25.2. The van der Waals surface area contributed by atoms with Gasteiger partial charge in [0.2, 0.25) is 5.90 Å². The predicted molar refractivity (Wildman–Crippen MR) is 140 cm³/mol. The van der Waals surface area contributed by atoms with Crippen LogP contribution in [0.15, 0.2) is 59.2 Å². The Kier molecular flexibility index (Phi) is 6.72. The van der Waals surface area contributed by atoms with Gasteiger partial charge in [-0.15, -0.1) is 5.10 Å². The number of hydrogen-bond acceptors (Lipinski definition) is 8. The summed E-state index contributed by atoms with van der Waals surface area (Å²) in [6.07, 6.45) is 6.96. The Labute approximate surface area is 221 Å². The average Bonchev–Trinajstić information content (AvgIpc) is 3.67. The maximum absolute atomic E-state index is 15.3. The van der Waals surface area contributed by atoms with E-state index < -0.39 is 11.9 Å². The molecule has 2 atom stereocenters. The maximum atomic E-state index is 15.3. The van der Waals surface area contributed by atoms with E-state index in [0.29, 0.717) is 35.3 Å². The number of tetrazole rings is 1. The highest BCUT2D eigenvalue weighted by atomic mass is 35.5. The van der Waals surface area contributed by atoms with E-state index in [1.165, 1.54) is 30.3 Å². The van der Waals surface area contributed by atoms with Crippen LogP contribution < -0.4 is 5.56 Å². The molecule has 0 fully saturated rings. The van der Waals surface area contributed by atoms with Gasteiger partial charge in [0, 0.05) is 30.7 Å². The zero-order valence-electron chi connectivity index (χ0n) is 20.8. The normalized spacial score (nSPS) is 17.5. The van der Waals surface area contributed by atoms with Gasteiger partial charge in [0.15, 0.2) is 5.82 Å². The van der Waals surface area contributed by atoms with Gasteiger partial charge < -0.3 is 9.72 Å². The second kappa shape index (κ2) is 10.1. The van der Waals surface area contributed by atoms with Gasteiger partial charge in [0.25, 0.3) is 5.56 Å². The number of hydrogen-bond donors (Lipinski definition) is 1. The minimum atomic E-state index is -0.718. The van der Waals surface area contributed by atoms with Crippen molar-refractivity contribution in [3.63, 3.8) is 0 Å². The highest BCUT2D eigenvalue weighted by Gasteiger charge is 2.34. The van der Waals surface area contributed by atoms with Crippen LogP contribution in [0.5, 0.6) is 0 Å². The molecule has 0 aliphatic carbocycles. The van der Waals surface area contributed by atoms with Crippen LogP contribution in [-0.2, 0) is 4.74 Å². The highest BCUT2D eigenvalue weighted by Crippen LogP contribution is 2.39. The van der Waals surface area contributed by atoms with Crippen LogP contribution in [0.4, 0.5) is 4.39 Å². The topological polar surface area (TPSA) is 129 Å². The van der Waals surface area contributed by atoms with Crippen LogP contribution in [0, 0.1) is 5.82 Å². The van der Waals surface area contributed by atoms with Gasteiger partial charge in [-0.2, -0.15) is 4.68 Å². The second-order valence-electron chi connectivity index (χ2n) is 8.62. The molecule has 0 amide bonds. The first-order chi connectivity index (χ1) is 18.4. The summed E-state index contributed by atoms with van der Waals surface area (Å²) in [5.74, 6) is 0.700. The zero-order valence-corrected chi connectivity index (χ0v) is 21.5. The molecule has 13 heteroatoms. The SMILES string of the molecule is C=C/C(=C\C(=N/C)OC)c1cnc([C@@H]2C[C@H](C)c3nc(-c4c(-n5cnnn5)ccc(Cl)c4F)cc(=O)n32)[nH]1. The van der Waals surface area contributed by atoms with E-state index in [2.05, 4.69) is 37.1 Å². The van der Waals surface area contributed by atoms with E-state index in [0.717, 1.165) is 5.57 Å². The first-order valence-corrected chi connectivity index (χ1v) is 12.0. The van der Waals surface area contributed by atoms with Gasteiger partial charge in [-0.05, 0) is 29.0 Å². The fourth-order valence-corrected chi connectivity index (χ4v) is 4.73. The van der Waals surface area contributed by atoms with Gasteiger partial charge >= 0.3 is 0 Å². The van der Waals surface area contributed by atoms with Gasteiger partial charge in [-0.1, -0.05) is 31.2 Å². The van der Waals surface area contributed by atoms with Crippen molar-refractivity contribution in [3.05, 3.63) is 88.0 Å². The van der Waals surface area contributed by atoms with Crippen LogP contribution in [-0.4, -0.2) is 59.8 Å². The molecule has 0 saturated heterocycles. The van der Waals surface area contributed by atoms with Crippen LogP contribution >= 0.6 is 11.6 Å². The average molecular weight is 536 g/mol. The molecule has 0 radical (unpaired) electrons. The standard InChI is InChI=1S/C25H23ClFN9O2/c1-5-14(9-20(28-3)38-4)17-11-29-24(31-17)19-8-13(2)25-32-16(10-21(37)36(19)25)22-18(35-12-30-33-34-35)7-6-15(26)23(22)27/h5-7,9-13,19H,1,8H2,2-4H3,(H,29,31)/b14-9+,28-20+/t13-,19-/m0/s1. The molecule has 11 nitrogen and oxygen atoms in total. The number of nitrogens with zero attached hydrogens (tertiary/aromatic N) is 8. The molecule has 5 rings (SSSR count). The number of fused-ring (bicyclic) bond motifs is 1. The van der Waals surface area contributed by atoms with Crippen LogP contribution in [0.25, 0.3) is 22.5 Å². The van der Waals surface area contributed by atoms with E-state index in [1.54, 1.807) is 36.0 Å². The number of nitrogens with one attached hydrogen (secondary N) is 1. The summed E-state index contributed by atoms with van der Waals surface area (Å²) >= 11 is 6.09. The molecule has 38 heavy (non-hydrogen) atoms. The number of imidazole rings is 1. The van der Waals surface area contributed by atoms with Crippen molar-refractivity contribution in [3.8, 4) is 16.9 Å². The fourth-order valence-electron chi connectivity index (χ4n) is 4.57. The maximum Gasteiger partial charge on any atom is 0.254 e. The molecule has 0 saturated carbocycles. The van der Waals surface area contributed by atoms with Gasteiger partial charge in [0.1, 0.15) is 18.0 Å². The minimum Gasteiger partial charge on any atom is -0.481 e. The number of aliphatic imine (C=N–C) groups is 1. The van der Waals surface area contributed by atoms with Gasteiger partial charge in [0.05, 0.1) is 47.0 Å². The lowest BCUT2D eigenvalue weighted by molar-refractivity contribution is 0.406. The molecule has 0 unspecified atom stereocenters. The number of ether oxygens (including phenoxy) is 1. The number of methoxy groups -OCH3 is 1. The molecule has 194 valence electrons. The third kappa shape index (κ3) is 4.32. The third-order valence-corrected chi connectivity index (χ3v) is 6.68. The highest BCUT2D eigenvalue weighted by molar-refractivity contribution is 6.31. The van der Waals surface area contributed by atoms with Crippen LogP contribution in [0.1, 0.15) is 42.6 Å². The molecule has 4 heterocycles. The molecule has 0 spiro atoms. The van der Waals surface area contributed by atoms with E-state index in [9.17, 15) is 4.79 Å². The van der Waals surface area contributed by atoms with Crippen molar-refractivity contribution in [2.75, 3.05) is 14.2 Å². The van der Waals surface area contributed by atoms with E-state index >= 15 is 4.39 Å². The van der Waals surface area contributed by atoms with Crippen molar-refractivity contribution in [1.29, 1.82) is 0 Å². The lowest BCUT2D eigenvalue weighted by Crippen LogP contribution is -2.25. The minimum absolute atomic E-state index is 0.0357. The number of aromatic amines is 1. The summed E-state index contributed by atoms with van der Waals surface area (Å²) in [7, 11) is 3.16. The largest absolute Gasteiger partial charge is 0.481 e. The van der Waals surface area contributed by atoms with Gasteiger partial charge in [-0.25, -0.2) is 14.4 Å². The first-order valence-electron chi connectivity index (χ1n) is 11.6. The Morgan fingerprint density at radius 2 is 2.21 bits per heavy atom. The summed E-state index contributed by atoms with van der Waals surface area (Å²) in [6.45, 7) is 5.82. The number of allylic oxidation sites excluding steroid dienone is 2. The zero-order chi connectivity index (χ0) is 27.0. The van der Waals surface area contributed by atoms with E-state index in [-0.39, 0.29) is 27.8 Å². The number of aromatic nitrogens is 8. The Hall–Kier alpha value is -4.45. The summed E-state index contributed by atoms with van der Waals surface area (Å²) in [5, 5.41) is 11.0. The number of rotatable bonds is 6. The van der Waals surface area contributed by atoms with Gasteiger partial charge in [-0.3, -0.25) is 14.4 Å². The number of H-pyrrole nitrogens is 1. The second-order valence-corrected chi connectivity index (χ2v) is 9.03. The summed E-state index contributed by atoms with van der Waals surface area (Å²) < 4.78 is 23.4. The van der Waals surface area contributed by atoms with Crippen LogP contribution in [0.3, 0.4) is 0 Å². The monoisotopic (exact) mass is 535 g/mol. The smallest absolute Gasteiger partial charge is 0.254 e. The predicted octanol–water partition coefficient (Wildman–Crippen LogP) is 3.74.